The van der Waals surface area contributed by atoms with Crippen molar-refractivity contribution < 1.29 is 19.7 Å². The summed E-state index contributed by atoms with van der Waals surface area (Å²) in [4.78, 5) is 16.4. The lowest BCUT2D eigenvalue weighted by Crippen LogP contribution is -2.11. The Kier molecular flexibility index (Phi) is 4.51. The Bertz CT molecular complexity index is 1140. The number of aromatic hydroxyl groups is 2. The van der Waals surface area contributed by atoms with Gasteiger partial charge in [0.1, 0.15) is 11.5 Å². The van der Waals surface area contributed by atoms with E-state index in [-0.39, 0.29) is 17.4 Å². The topological polar surface area (TPSA) is 91.7 Å². The number of hydrogen-bond donors (Lipinski definition) is 3. The molecule has 3 aromatic carbocycles. The van der Waals surface area contributed by atoms with Gasteiger partial charge in [-0.3, -0.25) is 9.78 Å². The summed E-state index contributed by atoms with van der Waals surface area (Å²) in [5.41, 5.74) is 1.72. The van der Waals surface area contributed by atoms with Crippen LogP contribution in [0.5, 0.6) is 23.0 Å². The quantitative estimate of drug-likeness (QED) is 0.452. The number of nitrogens with zero attached hydrogens (tertiary/aromatic N) is 1. The molecule has 28 heavy (non-hydrogen) atoms. The highest BCUT2D eigenvalue weighted by Gasteiger charge is 2.10. The van der Waals surface area contributed by atoms with E-state index in [1.807, 2.05) is 18.2 Å². The van der Waals surface area contributed by atoms with Crippen molar-refractivity contribution in [3.8, 4) is 23.0 Å². The molecule has 0 saturated heterocycles. The molecule has 1 aromatic heterocycles. The van der Waals surface area contributed by atoms with Gasteiger partial charge in [-0.2, -0.15) is 0 Å². The van der Waals surface area contributed by atoms with E-state index in [1.54, 1.807) is 48.7 Å². The third-order valence-corrected chi connectivity index (χ3v) is 4.17. The number of ether oxygens (including phenoxy) is 1. The van der Waals surface area contributed by atoms with Gasteiger partial charge in [0.15, 0.2) is 11.5 Å². The number of carbonyl (C=O) groups is 1. The van der Waals surface area contributed by atoms with Gasteiger partial charge in [0.25, 0.3) is 5.91 Å². The highest BCUT2D eigenvalue weighted by atomic mass is 16.5. The van der Waals surface area contributed by atoms with Gasteiger partial charge in [-0.1, -0.05) is 18.2 Å². The fraction of sp³-hybridized carbons (Fsp3) is 0. The number of pyridine rings is 1. The minimum absolute atomic E-state index is 0.190. The van der Waals surface area contributed by atoms with Crippen LogP contribution in [-0.4, -0.2) is 21.1 Å². The first kappa shape index (κ1) is 17.4. The number of anilines is 1. The van der Waals surface area contributed by atoms with Gasteiger partial charge in [0.2, 0.25) is 0 Å². The fourth-order valence-electron chi connectivity index (χ4n) is 2.76. The summed E-state index contributed by atoms with van der Waals surface area (Å²) < 4.78 is 5.89. The monoisotopic (exact) mass is 372 g/mol. The van der Waals surface area contributed by atoms with Crippen LogP contribution in [0.3, 0.4) is 0 Å². The SMILES string of the molecule is O=C(Nc1ccc(Oc2ccnc3cc(O)c(O)cc23)cc1)c1ccccc1. The van der Waals surface area contributed by atoms with E-state index in [0.29, 0.717) is 33.7 Å². The predicted octanol–water partition coefficient (Wildman–Crippen LogP) is 4.69. The van der Waals surface area contributed by atoms with E-state index in [1.165, 1.54) is 12.1 Å². The van der Waals surface area contributed by atoms with Gasteiger partial charge in [-0.15, -0.1) is 0 Å². The molecule has 0 saturated carbocycles. The zero-order chi connectivity index (χ0) is 19.5. The van der Waals surface area contributed by atoms with Gasteiger partial charge in [0.05, 0.1) is 5.52 Å². The second kappa shape index (κ2) is 7.28. The number of rotatable bonds is 4. The number of fused-ring (bicyclic) bond motifs is 1. The molecule has 4 rings (SSSR count). The molecule has 0 aliphatic heterocycles. The molecule has 6 heteroatoms. The molecule has 0 spiro atoms. The molecule has 0 aliphatic rings. The maximum Gasteiger partial charge on any atom is 0.255 e. The van der Waals surface area contributed by atoms with Crippen molar-refractivity contribution in [2.45, 2.75) is 0 Å². The van der Waals surface area contributed by atoms with Crippen molar-refractivity contribution in [1.82, 2.24) is 4.98 Å². The van der Waals surface area contributed by atoms with E-state index in [4.69, 9.17) is 4.74 Å². The van der Waals surface area contributed by atoms with Gasteiger partial charge in [-0.25, -0.2) is 0 Å². The minimum Gasteiger partial charge on any atom is -0.504 e. The van der Waals surface area contributed by atoms with Crippen molar-refractivity contribution in [3.63, 3.8) is 0 Å². The smallest absolute Gasteiger partial charge is 0.255 e. The first-order valence-electron chi connectivity index (χ1n) is 8.55. The standard InChI is InChI=1S/C22H16N2O4/c25-19-12-17-18(13-20(19)26)23-11-10-21(17)28-16-8-6-15(7-9-16)24-22(27)14-4-2-1-3-5-14/h1-13,25-26H,(H,24,27). The first-order chi connectivity index (χ1) is 13.6. The van der Waals surface area contributed by atoms with Crippen molar-refractivity contribution >= 4 is 22.5 Å². The second-order valence-corrected chi connectivity index (χ2v) is 6.11. The van der Waals surface area contributed by atoms with Gasteiger partial charge in [0, 0.05) is 28.9 Å². The molecule has 0 radical (unpaired) electrons. The lowest BCUT2D eigenvalue weighted by molar-refractivity contribution is 0.102. The highest BCUT2D eigenvalue weighted by Crippen LogP contribution is 2.35. The number of nitrogens with one attached hydrogen (secondary N) is 1. The van der Waals surface area contributed by atoms with Crippen molar-refractivity contribution in [2.75, 3.05) is 5.32 Å². The number of benzene rings is 3. The summed E-state index contributed by atoms with van der Waals surface area (Å²) in [6.07, 6.45) is 1.56. The Morgan fingerprint density at radius 3 is 2.36 bits per heavy atom. The maximum absolute atomic E-state index is 12.2. The summed E-state index contributed by atoms with van der Waals surface area (Å²) in [6.45, 7) is 0. The van der Waals surface area contributed by atoms with E-state index < -0.39 is 0 Å². The van der Waals surface area contributed by atoms with Crippen LogP contribution in [0.4, 0.5) is 5.69 Å². The average Bonchev–Trinajstić information content (AvgIpc) is 2.71. The summed E-state index contributed by atoms with van der Waals surface area (Å²) in [5, 5.41) is 22.8. The Balaban J connectivity index is 1.53. The third-order valence-electron chi connectivity index (χ3n) is 4.17. The number of aromatic nitrogens is 1. The number of amides is 1. The zero-order valence-electron chi connectivity index (χ0n) is 14.7. The largest absolute Gasteiger partial charge is 0.504 e. The average molecular weight is 372 g/mol. The molecular weight excluding hydrogens is 356 g/mol. The Morgan fingerprint density at radius 2 is 1.61 bits per heavy atom. The summed E-state index contributed by atoms with van der Waals surface area (Å²) in [7, 11) is 0. The van der Waals surface area contributed by atoms with Gasteiger partial charge in [-0.05, 0) is 48.5 Å². The minimum atomic E-state index is -0.246. The van der Waals surface area contributed by atoms with E-state index in [2.05, 4.69) is 10.3 Å². The van der Waals surface area contributed by atoms with E-state index in [9.17, 15) is 15.0 Å². The van der Waals surface area contributed by atoms with Crippen LogP contribution in [-0.2, 0) is 0 Å². The number of phenols is 2. The van der Waals surface area contributed by atoms with Crippen molar-refractivity contribution in [3.05, 3.63) is 84.6 Å². The molecular formula is C22H16N2O4. The van der Waals surface area contributed by atoms with Crippen molar-refractivity contribution in [2.24, 2.45) is 0 Å². The Labute approximate surface area is 160 Å². The summed E-state index contributed by atoms with van der Waals surface area (Å²) in [6, 6.07) is 20.3. The van der Waals surface area contributed by atoms with Crippen LogP contribution >= 0.6 is 0 Å². The summed E-state index contributed by atoms with van der Waals surface area (Å²) in [5.74, 6) is 0.365. The fourth-order valence-corrected chi connectivity index (χ4v) is 2.76. The molecule has 0 fully saturated rings. The molecule has 0 aliphatic carbocycles. The first-order valence-corrected chi connectivity index (χ1v) is 8.55. The van der Waals surface area contributed by atoms with E-state index >= 15 is 0 Å². The van der Waals surface area contributed by atoms with Crippen LogP contribution in [0.15, 0.2) is 79.0 Å². The van der Waals surface area contributed by atoms with Gasteiger partial charge >= 0.3 is 0 Å². The predicted molar refractivity (Wildman–Crippen MR) is 106 cm³/mol. The van der Waals surface area contributed by atoms with Crippen LogP contribution in [0, 0.1) is 0 Å². The van der Waals surface area contributed by atoms with Crippen LogP contribution in [0.2, 0.25) is 0 Å². The van der Waals surface area contributed by atoms with Gasteiger partial charge < -0.3 is 20.3 Å². The molecule has 1 amide bonds. The Morgan fingerprint density at radius 1 is 0.893 bits per heavy atom. The van der Waals surface area contributed by atoms with Crippen LogP contribution < -0.4 is 10.1 Å². The molecule has 6 nitrogen and oxygen atoms in total. The molecule has 3 N–H and O–H groups in total. The second-order valence-electron chi connectivity index (χ2n) is 6.11. The summed E-state index contributed by atoms with van der Waals surface area (Å²) >= 11 is 0. The molecule has 138 valence electrons. The normalized spacial score (nSPS) is 10.6. The molecule has 4 aromatic rings. The molecule has 0 unspecified atom stereocenters. The van der Waals surface area contributed by atoms with Crippen LogP contribution in [0.1, 0.15) is 10.4 Å². The van der Waals surface area contributed by atoms with E-state index in [0.717, 1.165) is 0 Å². The zero-order valence-corrected chi connectivity index (χ0v) is 14.7. The number of carbonyl (C=O) groups excluding carboxylic acids is 1. The molecule has 1 heterocycles. The number of phenolic OH excluding ortho intramolecular Hbond substituents is 2. The lowest BCUT2D eigenvalue weighted by Gasteiger charge is -2.10. The maximum atomic E-state index is 12.2. The third kappa shape index (κ3) is 3.57. The van der Waals surface area contributed by atoms with Crippen LogP contribution in [0.25, 0.3) is 10.9 Å². The molecule has 0 atom stereocenters. The Hall–Kier alpha value is -4.06. The highest BCUT2D eigenvalue weighted by molar-refractivity contribution is 6.04. The lowest BCUT2D eigenvalue weighted by atomic mass is 10.2. The number of hydrogen-bond acceptors (Lipinski definition) is 5. The molecule has 0 bridgehead atoms. The van der Waals surface area contributed by atoms with Crippen molar-refractivity contribution in [1.29, 1.82) is 0 Å².